The van der Waals surface area contributed by atoms with Gasteiger partial charge in [0.25, 0.3) is 11.5 Å². The number of hydrogen-bond donors (Lipinski definition) is 2. The summed E-state index contributed by atoms with van der Waals surface area (Å²) in [7, 11) is 0. The van der Waals surface area contributed by atoms with E-state index in [1.165, 1.54) is 10.6 Å². The molecule has 8 heteroatoms. The fourth-order valence-corrected chi connectivity index (χ4v) is 3.15. The molecule has 132 valence electrons. The van der Waals surface area contributed by atoms with E-state index >= 15 is 0 Å². The number of aryl methyl sites for hydroxylation is 1. The number of aromatic nitrogens is 3. The van der Waals surface area contributed by atoms with Gasteiger partial charge in [0.2, 0.25) is 5.91 Å². The first kappa shape index (κ1) is 16.9. The fourth-order valence-electron chi connectivity index (χ4n) is 3.15. The molecule has 1 atom stereocenters. The highest BCUT2D eigenvalue weighted by Gasteiger charge is 2.26. The Kier molecular flexibility index (Phi) is 4.97. The van der Waals surface area contributed by atoms with E-state index in [1.807, 2.05) is 4.90 Å². The van der Waals surface area contributed by atoms with Crippen molar-refractivity contribution in [2.24, 2.45) is 5.73 Å². The lowest BCUT2D eigenvalue weighted by Gasteiger charge is -2.32. The average Bonchev–Trinajstić information content (AvgIpc) is 3.11. The molecule has 0 radical (unpaired) electrons. The molecular weight excluding hydrogens is 322 g/mol. The maximum atomic E-state index is 12.5. The molecule has 1 aliphatic heterocycles. The monoisotopic (exact) mass is 343 g/mol. The van der Waals surface area contributed by atoms with Crippen molar-refractivity contribution in [2.45, 2.75) is 31.7 Å². The van der Waals surface area contributed by atoms with Crippen molar-refractivity contribution < 1.29 is 9.59 Å². The molecule has 0 aromatic carbocycles. The normalized spacial score (nSPS) is 17.4. The van der Waals surface area contributed by atoms with Crippen LogP contribution in [-0.2, 0) is 11.3 Å². The zero-order valence-electron chi connectivity index (χ0n) is 13.9. The molecule has 0 aliphatic carbocycles. The maximum absolute atomic E-state index is 12.5. The van der Waals surface area contributed by atoms with Gasteiger partial charge in [-0.1, -0.05) is 6.07 Å². The Bertz CT molecular complexity index is 825. The third-order valence-corrected chi connectivity index (χ3v) is 4.53. The molecule has 8 nitrogen and oxygen atoms in total. The fraction of sp³-hybridized carbons (Fsp3) is 0.412. The van der Waals surface area contributed by atoms with Gasteiger partial charge in [-0.15, -0.1) is 0 Å². The number of nitrogens with two attached hydrogens (primary N) is 1. The van der Waals surface area contributed by atoms with Gasteiger partial charge >= 0.3 is 0 Å². The van der Waals surface area contributed by atoms with Crippen molar-refractivity contribution in [3.63, 3.8) is 0 Å². The van der Waals surface area contributed by atoms with Crippen molar-refractivity contribution >= 4 is 11.8 Å². The first-order valence-corrected chi connectivity index (χ1v) is 8.33. The molecule has 0 unspecified atom stereocenters. The molecular formula is C17H21N5O3. The van der Waals surface area contributed by atoms with Crippen LogP contribution in [0.15, 0.2) is 35.3 Å². The molecule has 3 N–H and O–H groups in total. The number of primary amides is 1. The number of carbonyl (C=O) groups is 2. The number of carbonyl (C=O) groups excluding carboxylic acids is 2. The van der Waals surface area contributed by atoms with Gasteiger partial charge < -0.3 is 15.2 Å². The minimum atomic E-state index is -0.570. The van der Waals surface area contributed by atoms with Crippen LogP contribution in [0.5, 0.6) is 0 Å². The molecule has 1 saturated heterocycles. The Morgan fingerprint density at radius 3 is 2.92 bits per heavy atom. The van der Waals surface area contributed by atoms with Crippen LogP contribution in [0.3, 0.4) is 0 Å². The third-order valence-electron chi connectivity index (χ3n) is 4.53. The second kappa shape index (κ2) is 7.33. The van der Waals surface area contributed by atoms with Crippen molar-refractivity contribution in [1.29, 1.82) is 0 Å². The molecule has 2 amide bonds. The van der Waals surface area contributed by atoms with Crippen molar-refractivity contribution in [2.75, 3.05) is 13.1 Å². The number of likely N-dealkylation sites (tertiary alicyclic amines) is 1. The topological polar surface area (TPSA) is 114 Å². The van der Waals surface area contributed by atoms with Gasteiger partial charge in [0.05, 0.1) is 0 Å². The predicted octanol–water partition coefficient (Wildman–Crippen LogP) is 0.467. The lowest BCUT2D eigenvalue weighted by molar-refractivity contribution is -0.132. The van der Waals surface area contributed by atoms with Gasteiger partial charge in [0.1, 0.15) is 5.69 Å². The zero-order valence-corrected chi connectivity index (χ0v) is 13.9. The zero-order chi connectivity index (χ0) is 17.8. The summed E-state index contributed by atoms with van der Waals surface area (Å²) in [6, 6.07) is 6.60. The second-order valence-corrected chi connectivity index (χ2v) is 6.23. The Balaban J connectivity index is 1.60. The number of amides is 2. The lowest BCUT2D eigenvalue weighted by Crippen LogP contribution is -2.39. The van der Waals surface area contributed by atoms with Crippen molar-refractivity contribution in [3.8, 4) is 0 Å². The quantitative estimate of drug-likeness (QED) is 0.821. The summed E-state index contributed by atoms with van der Waals surface area (Å²) in [5.41, 5.74) is 6.15. The Hall–Kier alpha value is -2.90. The number of aromatic amines is 1. The van der Waals surface area contributed by atoms with Crippen LogP contribution in [-0.4, -0.2) is 44.6 Å². The smallest absolute Gasteiger partial charge is 0.269 e. The van der Waals surface area contributed by atoms with E-state index in [0.29, 0.717) is 19.6 Å². The second-order valence-electron chi connectivity index (χ2n) is 6.23. The number of pyridine rings is 1. The van der Waals surface area contributed by atoms with Gasteiger partial charge in [-0.25, -0.2) is 0 Å². The van der Waals surface area contributed by atoms with E-state index in [4.69, 9.17) is 5.73 Å². The minimum Gasteiger partial charge on any atom is -0.364 e. The summed E-state index contributed by atoms with van der Waals surface area (Å²) in [5.74, 6) is -0.438. The largest absolute Gasteiger partial charge is 0.364 e. The van der Waals surface area contributed by atoms with E-state index in [9.17, 15) is 14.4 Å². The Labute approximate surface area is 144 Å². The van der Waals surface area contributed by atoms with E-state index < -0.39 is 5.91 Å². The molecule has 1 aliphatic rings. The van der Waals surface area contributed by atoms with Crippen LogP contribution in [0.1, 0.15) is 41.4 Å². The van der Waals surface area contributed by atoms with Gasteiger partial charge in [-0.05, 0) is 25.0 Å². The average molecular weight is 343 g/mol. The molecule has 0 saturated carbocycles. The van der Waals surface area contributed by atoms with Crippen LogP contribution < -0.4 is 11.3 Å². The van der Waals surface area contributed by atoms with Crippen molar-refractivity contribution in [3.05, 3.63) is 52.2 Å². The number of nitrogens with zero attached hydrogens (tertiary/aromatic N) is 3. The minimum absolute atomic E-state index is 0.0232. The molecule has 3 rings (SSSR count). The summed E-state index contributed by atoms with van der Waals surface area (Å²) in [5, 5.41) is 6.75. The SMILES string of the molecule is NC(=O)c1cc([C@H]2CCCN(C(=O)CCn3ccccc3=O)C2)[nH]n1. The highest BCUT2D eigenvalue weighted by Crippen LogP contribution is 2.26. The Morgan fingerprint density at radius 2 is 2.20 bits per heavy atom. The van der Waals surface area contributed by atoms with Gasteiger partial charge in [-0.3, -0.25) is 19.5 Å². The standard InChI is InChI=1S/C17H21N5O3/c18-17(25)14-10-13(19-20-14)12-4-3-8-22(11-12)16(24)6-9-21-7-2-1-5-15(21)23/h1-2,5,7,10,12H,3-4,6,8-9,11H2,(H2,18,25)(H,19,20)/t12-/m0/s1. The highest BCUT2D eigenvalue weighted by molar-refractivity contribution is 5.90. The summed E-state index contributed by atoms with van der Waals surface area (Å²) < 4.78 is 1.54. The molecule has 2 aromatic heterocycles. The van der Waals surface area contributed by atoms with E-state index in [2.05, 4.69) is 10.2 Å². The molecule has 2 aromatic rings. The molecule has 1 fully saturated rings. The number of hydrogen-bond acceptors (Lipinski definition) is 4. The van der Waals surface area contributed by atoms with Crippen LogP contribution >= 0.6 is 0 Å². The first-order chi connectivity index (χ1) is 12.0. The summed E-state index contributed by atoms with van der Waals surface area (Å²) in [6.45, 7) is 1.65. The summed E-state index contributed by atoms with van der Waals surface area (Å²) >= 11 is 0. The lowest BCUT2D eigenvalue weighted by atomic mass is 9.94. The third kappa shape index (κ3) is 3.96. The van der Waals surface area contributed by atoms with Crippen LogP contribution in [0.25, 0.3) is 0 Å². The highest BCUT2D eigenvalue weighted by atomic mass is 16.2. The molecule has 3 heterocycles. The number of H-pyrrole nitrogens is 1. The van der Waals surface area contributed by atoms with Crippen molar-refractivity contribution in [1.82, 2.24) is 19.7 Å². The number of piperidine rings is 1. The number of rotatable bonds is 5. The van der Waals surface area contributed by atoms with Gasteiger partial charge in [0.15, 0.2) is 0 Å². The predicted molar refractivity (Wildman–Crippen MR) is 91.0 cm³/mol. The van der Waals surface area contributed by atoms with Gasteiger partial charge in [-0.2, -0.15) is 5.10 Å². The summed E-state index contributed by atoms with van der Waals surface area (Å²) in [6.07, 6.45) is 3.77. The number of nitrogens with one attached hydrogen (secondary N) is 1. The molecule has 0 spiro atoms. The van der Waals surface area contributed by atoms with Crippen LogP contribution in [0, 0.1) is 0 Å². The van der Waals surface area contributed by atoms with Gasteiger partial charge in [0, 0.05) is 49.9 Å². The molecule has 25 heavy (non-hydrogen) atoms. The van der Waals surface area contributed by atoms with E-state index in [1.54, 1.807) is 24.4 Å². The maximum Gasteiger partial charge on any atom is 0.269 e. The summed E-state index contributed by atoms with van der Waals surface area (Å²) in [4.78, 5) is 37.2. The van der Waals surface area contributed by atoms with E-state index in [0.717, 1.165) is 18.5 Å². The van der Waals surface area contributed by atoms with Crippen LogP contribution in [0.4, 0.5) is 0 Å². The van der Waals surface area contributed by atoms with Crippen LogP contribution in [0.2, 0.25) is 0 Å². The molecule has 0 bridgehead atoms. The van der Waals surface area contributed by atoms with E-state index in [-0.39, 0.29) is 29.5 Å². The first-order valence-electron chi connectivity index (χ1n) is 8.33. The Morgan fingerprint density at radius 1 is 1.36 bits per heavy atom.